The third-order valence-electron chi connectivity index (χ3n) is 3.72. The van der Waals surface area contributed by atoms with E-state index in [0.29, 0.717) is 0 Å². The van der Waals surface area contributed by atoms with Gasteiger partial charge in [-0.05, 0) is 41.4 Å². The highest BCUT2D eigenvalue weighted by Gasteiger charge is 2.31. The molecule has 22 heavy (non-hydrogen) atoms. The molecule has 2 aliphatic heterocycles. The second kappa shape index (κ2) is 5.26. The Kier molecular flexibility index (Phi) is 3.24. The summed E-state index contributed by atoms with van der Waals surface area (Å²) in [5.41, 5.74) is 7.92. The van der Waals surface area contributed by atoms with E-state index in [9.17, 15) is 0 Å². The summed E-state index contributed by atoms with van der Waals surface area (Å²) in [7, 11) is 0. The van der Waals surface area contributed by atoms with Crippen LogP contribution in [0.4, 0.5) is 0 Å². The van der Waals surface area contributed by atoms with E-state index >= 15 is 0 Å². The van der Waals surface area contributed by atoms with Gasteiger partial charge in [0, 0.05) is 6.42 Å². The van der Waals surface area contributed by atoms with Gasteiger partial charge in [-0.2, -0.15) is 5.10 Å². The minimum atomic E-state index is -0.0101. The van der Waals surface area contributed by atoms with Crippen molar-refractivity contribution in [3.05, 3.63) is 46.2 Å². The van der Waals surface area contributed by atoms with Gasteiger partial charge < -0.3 is 15.2 Å². The Balaban J connectivity index is 1.68. The first-order valence-electron chi connectivity index (χ1n) is 6.82. The van der Waals surface area contributed by atoms with Gasteiger partial charge in [-0.1, -0.05) is 12.1 Å². The van der Waals surface area contributed by atoms with E-state index in [-0.39, 0.29) is 17.9 Å². The molecular weight excluding hydrogens is 318 g/mol. The molecule has 0 saturated carbocycles. The second-order valence-electron chi connectivity index (χ2n) is 5.04. The monoisotopic (exact) mass is 331 g/mol. The SMILES string of the molecule is NC(=S)N1N=C(c2cccs2)C[C@@H]1c1ccc2c(c1)OCO2. The van der Waals surface area contributed by atoms with E-state index in [2.05, 4.69) is 11.2 Å². The molecule has 1 aromatic carbocycles. The zero-order chi connectivity index (χ0) is 15.1. The van der Waals surface area contributed by atoms with Crippen molar-refractivity contribution in [2.24, 2.45) is 10.8 Å². The quantitative estimate of drug-likeness (QED) is 0.858. The van der Waals surface area contributed by atoms with Crippen molar-refractivity contribution in [3.8, 4) is 11.5 Å². The Bertz CT molecular complexity index is 758. The smallest absolute Gasteiger partial charge is 0.231 e. The van der Waals surface area contributed by atoms with Gasteiger partial charge in [0.05, 0.1) is 16.6 Å². The molecule has 2 aromatic rings. The fourth-order valence-electron chi connectivity index (χ4n) is 2.69. The van der Waals surface area contributed by atoms with Crippen LogP contribution >= 0.6 is 23.6 Å². The summed E-state index contributed by atoms with van der Waals surface area (Å²) >= 11 is 6.82. The van der Waals surface area contributed by atoms with E-state index in [1.807, 2.05) is 29.6 Å². The molecule has 0 saturated heterocycles. The van der Waals surface area contributed by atoms with Gasteiger partial charge >= 0.3 is 0 Å². The van der Waals surface area contributed by atoms with Crippen molar-refractivity contribution in [1.29, 1.82) is 0 Å². The highest BCUT2D eigenvalue weighted by Crippen LogP contribution is 2.39. The fourth-order valence-corrected chi connectivity index (χ4v) is 3.57. The lowest BCUT2D eigenvalue weighted by atomic mass is 10.0. The molecule has 1 aromatic heterocycles. The van der Waals surface area contributed by atoms with Crippen LogP contribution in [0, 0.1) is 0 Å². The van der Waals surface area contributed by atoms with Crippen LogP contribution in [0.15, 0.2) is 40.8 Å². The van der Waals surface area contributed by atoms with Crippen molar-refractivity contribution in [2.75, 3.05) is 6.79 Å². The minimum Gasteiger partial charge on any atom is -0.454 e. The summed E-state index contributed by atoms with van der Waals surface area (Å²) < 4.78 is 10.8. The largest absolute Gasteiger partial charge is 0.454 e. The molecule has 2 N–H and O–H groups in total. The number of thiophene rings is 1. The molecule has 1 atom stereocenters. The van der Waals surface area contributed by atoms with Crippen LogP contribution < -0.4 is 15.2 Å². The summed E-state index contributed by atoms with van der Waals surface area (Å²) in [6.07, 6.45) is 0.761. The number of rotatable bonds is 2. The highest BCUT2D eigenvalue weighted by atomic mass is 32.1. The van der Waals surface area contributed by atoms with Crippen molar-refractivity contribution < 1.29 is 9.47 Å². The summed E-state index contributed by atoms with van der Waals surface area (Å²) in [5, 5.41) is 8.62. The third-order valence-corrected chi connectivity index (χ3v) is 4.83. The van der Waals surface area contributed by atoms with Gasteiger partial charge in [-0.25, -0.2) is 5.01 Å². The molecule has 5 nitrogen and oxygen atoms in total. The first-order chi connectivity index (χ1) is 10.7. The fraction of sp³-hybridized carbons (Fsp3) is 0.200. The van der Waals surface area contributed by atoms with Crippen LogP contribution in [0.25, 0.3) is 0 Å². The molecule has 0 unspecified atom stereocenters. The van der Waals surface area contributed by atoms with E-state index in [1.54, 1.807) is 16.3 Å². The average molecular weight is 331 g/mol. The summed E-state index contributed by atoms with van der Waals surface area (Å²) in [6, 6.07) is 9.97. The maximum atomic E-state index is 5.85. The van der Waals surface area contributed by atoms with Crippen molar-refractivity contribution in [2.45, 2.75) is 12.5 Å². The number of thiocarbonyl (C=S) groups is 1. The lowest BCUT2D eigenvalue weighted by Crippen LogP contribution is -2.31. The van der Waals surface area contributed by atoms with Crippen molar-refractivity contribution in [3.63, 3.8) is 0 Å². The topological polar surface area (TPSA) is 60.1 Å². The number of hydrazone groups is 1. The summed E-state index contributed by atoms with van der Waals surface area (Å²) in [5.74, 6) is 1.52. The zero-order valence-electron chi connectivity index (χ0n) is 11.6. The lowest BCUT2D eigenvalue weighted by molar-refractivity contribution is 0.174. The predicted octanol–water partition coefficient (Wildman–Crippen LogP) is 2.87. The maximum Gasteiger partial charge on any atom is 0.231 e. The molecule has 2 aliphatic rings. The first-order valence-corrected chi connectivity index (χ1v) is 8.11. The van der Waals surface area contributed by atoms with Gasteiger partial charge in [0.15, 0.2) is 16.6 Å². The van der Waals surface area contributed by atoms with Crippen molar-refractivity contribution >= 4 is 34.4 Å². The Morgan fingerprint density at radius 3 is 2.95 bits per heavy atom. The zero-order valence-corrected chi connectivity index (χ0v) is 13.2. The molecule has 0 radical (unpaired) electrons. The standard InChI is InChI=1S/C15H13N3O2S2/c16-15(21)18-11(7-10(17-18)14-2-1-5-22-14)9-3-4-12-13(6-9)20-8-19-12/h1-6,11H,7-8H2,(H2,16,21)/t11-/m1/s1. The number of fused-ring (bicyclic) bond motifs is 1. The number of hydrogen-bond acceptors (Lipinski definition) is 5. The molecule has 7 heteroatoms. The lowest BCUT2D eigenvalue weighted by Gasteiger charge is -2.22. The summed E-state index contributed by atoms with van der Waals surface area (Å²) in [6.45, 7) is 0.263. The molecule has 0 amide bonds. The highest BCUT2D eigenvalue weighted by molar-refractivity contribution is 7.80. The van der Waals surface area contributed by atoms with E-state index < -0.39 is 0 Å². The Labute approximate surface area is 136 Å². The first kappa shape index (κ1) is 13.5. The maximum absolute atomic E-state index is 5.85. The van der Waals surface area contributed by atoms with E-state index in [1.165, 1.54) is 0 Å². The predicted molar refractivity (Wildman–Crippen MR) is 89.4 cm³/mol. The molecule has 0 bridgehead atoms. The van der Waals surface area contributed by atoms with Crippen LogP contribution in [0.3, 0.4) is 0 Å². The van der Waals surface area contributed by atoms with E-state index in [0.717, 1.165) is 34.1 Å². The molecule has 4 rings (SSSR count). The molecule has 3 heterocycles. The second-order valence-corrected chi connectivity index (χ2v) is 6.41. The van der Waals surface area contributed by atoms with Crippen LogP contribution in [-0.4, -0.2) is 22.6 Å². The van der Waals surface area contributed by atoms with E-state index in [4.69, 9.17) is 27.4 Å². The van der Waals surface area contributed by atoms with Crippen LogP contribution in [-0.2, 0) is 0 Å². The van der Waals surface area contributed by atoms with Crippen LogP contribution in [0.5, 0.6) is 11.5 Å². The Morgan fingerprint density at radius 1 is 1.32 bits per heavy atom. The van der Waals surface area contributed by atoms with Crippen LogP contribution in [0.1, 0.15) is 22.9 Å². The van der Waals surface area contributed by atoms with Crippen molar-refractivity contribution in [1.82, 2.24) is 5.01 Å². The molecule has 112 valence electrons. The normalized spacial score (nSPS) is 19.4. The van der Waals surface area contributed by atoms with Gasteiger partial charge in [-0.3, -0.25) is 0 Å². The Hall–Kier alpha value is -2.12. The minimum absolute atomic E-state index is 0.0101. The molecule has 0 fully saturated rings. The molecule has 0 spiro atoms. The number of ether oxygens (including phenoxy) is 2. The third kappa shape index (κ3) is 2.22. The van der Waals surface area contributed by atoms with Gasteiger partial charge in [0.2, 0.25) is 6.79 Å². The number of nitrogens with two attached hydrogens (primary N) is 1. The molecule has 0 aliphatic carbocycles. The average Bonchev–Trinajstić information content (AvgIpc) is 3.25. The Morgan fingerprint density at radius 2 is 2.18 bits per heavy atom. The summed E-state index contributed by atoms with van der Waals surface area (Å²) in [4.78, 5) is 1.14. The van der Waals surface area contributed by atoms with Crippen LogP contribution in [0.2, 0.25) is 0 Å². The number of nitrogens with zero attached hydrogens (tertiary/aromatic N) is 2. The van der Waals surface area contributed by atoms with Gasteiger partial charge in [0.1, 0.15) is 0 Å². The number of benzene rings is 1. The number of hydrogen-bond donors (Lipinski definition) is 1. The molecular formula is C15H13N3O2S2. The van der Waals surface area contributed by atoms with Gasteiger partial charge in [0.25, 0.3) is 0 Å². The van der Waals surface area contributed by atoms with Gasteiger partial charge in [-0.15, -0.1) is 11.3 Å².